The van der Waals surface area contributed by atoms with Crippen LogP contribution in [0.5, 0.6) is 11.5 Å². The zero-order valence-corrected chi connectivity index (χ0v) is 13.1. The predicted octanol–water partition coefficient (Wildman–Crippen LogP) is 2.45. The summed E-state index contributed by atoms with van der Waals surface area (Å²) in [6, 6.07) is 3.77. The van der Waals surface area contributed by atoms with E-state index in [1.807, 2.05) is 12.1 Å². The number of fused-ring (bicyclic) bond motifs is 1. The Morgan fingerprint density at radius 3 is 2.73 bits per heavy atom. The van der Waals surface area contributed by atoms with Crippen LogP contribution in [0.4, 0.5) is 0 Å². The third-order valence-corrected chi connectivity index (χ3v) is 4.52. The van der Waals surface area contributed by atoms with Gasteiger partial charge in [0.15, 0.2) is 5.75 Å². The number of nitrogens with one attached hydrogen (secondary N) is 1. The van der Waals surface area contributed by atoms with Gasteiger partial charge in [-0.3, -0.25) is 9.69 Å². The summed E-state index contributed by atoms with van der Waals surface area (Å²) in [6.45, 7) is 7.35. The Balaban J connectivity index is 1.76. The lowest BCUT2D eigenvalue weighted by Crippen LogP contribution is -2.36. The van der Waals surface area contributed by atoms with Crippen LogP contribution in [-0.4, -0.2) is 29.0 Å². The number of hydroxylamine groups is 1. The largest absolute Gasteiger partial charge is 0.504 e. The SMILES string of the molecule is CC1(C)CCN(Cc2ccc3c(c2O)ONC(=O)C=C3)CC1. The van der Waals surface area contributed by atoms with Crippen molar-refractivity contribution in [1.82, 2.24) is 10.4 Å². The second kappa shape index (κ2) is 5.65. The van der Waals surface area contributed by atoms with Crippen LogP contribution in [0.1, 0.15) is 37.8 Å². The maximum atomic E-state index is 11.3. The van der Waals surface area contributed by atoms with Crippen molar-refractivity contribution in [3.63, 3.8) is 0 Å². The highest BCUT2D eigenvalue weighted by Crippen LogP contribution is 2.37. The van der Waals surface area contributed by atoms with E-state index in [0.29, 0.717) is 23.3 Å². The molecule has 22 heavy (non-hydrogen) atoms. The second-order valence-electron chi connectivity index (χ2n) is 6.83. The molecule has 1 aromatic carbocycles. The maximum Gasteiger partial charge on any atom is 0.276 e. The Hall–Kier alpha value is -2.01. The highest BCUT2D eigenvalue weighted by molar-refractivity contribution is 5.92. The third kappa shape index (κ3) is 3.09. The first-order chi connectivity index (χ1) is 10.4. The molecule has 5 heteroatoms. The average Bonchev–Trinajstić information content (AvgIpc) is 2.67. The molecule has 2 N–H and O–H groups in total. The second-order valence-corrected chi connectivity index (χ2v) is 6.83. The molecule has 0 spiro atoms. The Kier molecular flexibility index (Phi) is 3.83. The first-order valence-electron chi connectivity index (χ1n) is 7.67. The van der Waals surface area contributed by atoms with Crippen molar-refractivity contribution in [2.75, 3.05) is 13.1 Å². The number of nitrogens with zero attached hydrogens (tertiary/aromatic N) is 1. The Labute approximate surface area is 130 Å². The van der Waals surface area contributed by atoms with Gasteiger partial charge in [0.1, 0.15) is 0 Å². The summed E-state index contributed by atoms with van der Waals surface area (Å²) in [7, 11) is 0. The van der Waals surface area contributed by atoms with E-state index in [1.54, 1.807) is 6.08 Å². The van der Waals surface area contributed by atoms with Crippen molar-refractivity contribution in [2.24, 2.45) is 5.41 Å². The van der Waals surface area contributed by atoms with Gasteiger partial charge in [-0.15, -0.1) is 0 Å². The van der Waals surface area contributed by atoms with Crippen LogP contribution in [0.2, 0.25) is 0 Å². The van der Waals surface area contributed by atoms with E-state index in [2.05, 4.69) is 24.2 Å². The van der Waals surface area contributed by atoms with Crippen LogP contribution >= 0.6 is 0 Å². The topological polar surface area (TPSA) is 61.8 Å². The minimum Gasteiger partial charge on any atom is -0.504 e. The number of piperidine rings is 1. The summed E-state index contributed by atoms with van der Waals surface area (Å²) in [5.41, 5.74) is 4.21. The summed E-state index contributed by atoms with van der Waals surface area (Å²) < 4.78 is 0. The monoisotopic (exact) mass is 302 g/mol. The fourth-order valence-corrected chi connectivity index (χ4v) is 2.85. The molecule has 1 saturated heterocycles. The maximum absolute atomic E-state index is 11.3. The molecule has 0 radical (unpaired) electrons. The van der Waals surface area contributed by atoms with Crippen molar-refractivity contribution in [3.8, 4) is 11.5 Å². The van der Waals surface area contributed by atoms with Crippen LogP contribution < -0.4 is 10.3 Å². The predicted molar refractivity (Wildman–Crippen MR) is 84.2 cm³/mol. The molecule has 0 unspecified atom stereocenters. The summed E-state index contributed by atoms with van der Waals surface area (Å²) in [5, 5.41) is 10.4. The van der Waals surface area contributed by atoms with E-state index in [-0.39, 0.29) is 11.7 Å². The van der Waals surface area contributed by atoms with E-state index in [0.717, 1.165) is 31.5 Å². The summed E-state index contributed by atoms with van der Waals surface area (Å²) in [5.74, 6) is 0.0848. The quantitative estimate of drug-likeness (QED) is 0.881. The van der Waals surface area contributed by atoms with Gasteiger partial charge in [-0.1, -0.05) is 26.0 Å². The van der Waals surface area contributed by atoms with Crippen LogP contribution in [0, 0.1) is 5.41 Å². The summed E-state index contributed by atoms with van der Waals surface area (Å²) >= 11 is 0. The molecule has 0 saturated carbocycles. The van der Waals surface area contributed by atoms with Crippen molar-refractivity contribution in [3.05, 3.63) is 29.3 Å². The van der Waals surface area contributed by atoms with Gasteiger partial charge >= 0.3 is 0 Å². The summed E-state index contributed by atoms with van der Waals surface area (Å²) in [4.78, 5) is 18.9. The van der Waals surface area contributed by atoms with Crippen LogP contribution in [0.3, 0.4) is 0 Å². The molecule has 118 valence electrons. The van der Waals surface area contributed by atoms with E-state index < -0.39 is 0 Å². The van der Waals surface area contributed by atoms with Crippen LogP contribution in [-0.2, 0) is 11.3 Å². The van der Waals surface area contributed by atoms with Gasteiger partial charge in [0.2, 0.25) is 5.75 Å². The molecule has 0 aliphatic carbocycles. The zero-order chi connectivity index (χ0) is 15.7. The molecule has 1 amide bonds. The van der Waals surface area contributed by atoms with Crippen LogP contribution in [0.15, 0.2) is 18.2 Å². The fraction of sp³-hybridized carbons (Fsp3) is 0.471. The number of hydrogen-bond donors (Lipinski definition) is 2. The zero-order valence-electron chi connectivity index (χ0n) is 13.1. The van der Waals surface area contributed by atoms with Crippen molar-refractivity contribution >= 4 is 12.0 Å². The minimum absolute atomic E-state index is 0.106. The number of phenols is 1. The number of likely N-dealkylation sites (tertiary alicyclic amines) is 1. The van der Waals surface area contributed by atoms with Crippen LogP contribution in [0.25, 0.3) is 6.08 Å². The number of benzene rings is 1. The molecule has 1 aromatic rings. The van der Waals surface area contributed by atoms with Gasteiger partial charge in [0.05, 0.1) is 0 Å². The molecule has 5 nitrogen and oxygen atoms in total. The van der Waals surface area contributed by atoms with E-state index in [1.165, 1.54) is 6.08 Å². The molecule has 0 atom stereocenters. The van der Waals surface area contributed by atoms with Gasteiger partial charge in [0.25, 0.3) is 5.91 Å². The van der Waals surface area contributed by atoms with Gasteiger partial charge in [-0.2, -0.15) is 5.48 Å². The third-order valence-electron chi connectivity index (χ3n) is 4.52. The van der Waals surface area contributed by atoms with Gasteiger partial charge in [-0.25, -0.2) is 0 Å². The lowest BCUT2D eigenvalue weighted by atomic mass is 9.82. The van der Waals surface area contributed by atoms with Gasteiger partial charge < -0.3 is 9.94 Å². The lowest BCUT2D eigenvalue weighted by Gasteiger charge is -2.37. The molecule has 3 rings (SSSR count). The smallest absolute Gasteiger partial charge is 0.276 e. The average molecular weight is 302 g/mol. The fourth-order valence-electron chi connectivity index (χ4n) is 2.85. The molecular weight excluding hydrogens is 280 g/mol. The molecule has 2 heterocycles. The lowest BCUT2D eigenvalue weighted by molar-refractivity contribution is -0.122. The number of carbonyl (C=O) groups is 1. The van der Waals surface area contributed by atoms with Crippen molar-refractivity contribution < 1.29 is 14.7 Å². The Bertz CT molecular complexity index is 613. The number of hydrogen-bond acceptors (Lipinski definition) is 4. The number of aromatic hydroxyl groups is 1. The molecule has 2 aliphatic heterocycles. The molecular formula is C17H22N2O3. The highest BCUT2D eigenvalue weighted by atomic mass is 16.7. The van der Waals surface area contributed by atoms with Gasteiger partial charge in [0, 0.05) is 23.7 Å². The van der Waals surface area contributed by atoms with E-state index >= 15 is 0 Å². The van der Waals surface area contributed by atoms with E-state index in [9.17, 15) is 9.90 Å². The first-order valence-corrected chi connectivity index (χ1v) is 7.67. The van der Waals surface area contributed by atoms with Crippen molar-refractivity contribution in [1.29, 1.82) is 0 Å². The minimum atomic E-state index is -0.338. The number of phenolic OH excluding ortho intramolecular Hbond substituents is 1. The Morgan fingerprint density at radius 1 is 1.27 bits per heavy atom. The van der Waals surface area contributed by atoms with Gasteiger partial charge in [-0.05, 0) is 37.4 Å². The van der Waals surface area contributed by atoms with E-state index in [4.69, 9.17) is 4.84 Å². The molecule has 2 aliphatic rings. The summed E-state index contributed by atoms with van der Waals surface area (Å²) in [6.07, 6.45) is 5.35. The normalized spacial score (nSPS) is 20.7. The number of amides is 1. The number of rotatable bonds is 2. The van der Waals surface area contributed by atoms with Crippen molar-refractivity contribution in [2.45, 2.75) is 33.2 Å². The molecule has 0 aromatic heterocycles. The standard InChI is InChI=1S/C17H22N2O3/c1-17(2)7-9-19(10-8-17)11-13-4-3-12-5-6-14(20)18-22-16(12)15(13)21/h3-6,21H,7-11H2,1-2H3,(H,18,20). The molecule has 1 fully saturated rings. The highest BCUT2D eigenvalue weighted by Gasteiger charge is 2.26. The Morgan fingerprint density at radius 2 is 2.00 bits per heavy atom. The first kappa shape index (κ1) is 14.9. The molecule has 0 bridgehead atoms. The number of carbonyl (C=O) groups excluding carboxylic acids is 1.